The van der Waals surface area contributed by atoms with Gasteiger partial charge in [-0.25, -0.2) is 0 Å². The van der Waals surface area contributed by atoms with Gasteiger partial charge in [-0.3, -0.25) is 4.79 Å². The van der Waals surface area contributed by atoms with Crippen molar-refractivity contribution in [2.24, 2.45) is 11.8 Å². The summed E-state index contributed by atoms with van der Waals surface area (Å²) in [7, 11) is 0. The summed E-state index contributed by atoms with van der Waals surface area (Å²) in [4.78, 5) is 10.7. The zero-order valence-corrected chi connectivity index (χ0v) is 10.0. The van der Waals surface area contributed by atoms with Crippen molar-refractivity contribution in [1.82, 2.24) is 5.32 Å². The third-order valence-corrected chi connectivity index (χ3v) is 2.56. The number of aliphatic carboxylic acids is 1. The number of carboxylic acids is 1. The molecule has 0 aromatic carbocycles. The monoisotopic (exact) mass is 217 g/mol. The molecule has 3 unspecified atom stereocenters. The largest absolute Gasteiger partial charge is 0.481 e. The lowest BCUT2D eigenvalue weighted by molar-refractivity contribution is -0.142. The molecule has 0 saturated heterocycles. The highest BCUT2D eigenvalue weighted by atomic mass is 16.4. The van der Waals surface area contributed by atoms with Crippen molar-refractivity contribution < 1.29 is 15.0 Å². The number of carboxylic acid groups (broad SMARTS) is 1. The number of rotatable bonds is 7. The molecule has 0 saturated carbocycles. The van der Waals surface area contributed by atoms with E-state index in [1.807, 2.05) is 20.8 Å². The molecule has 0 fully saturated rings. The average Bonchev–Trinajstić information content (AvgIpc) is 2.11. The lowest BCUT2D eigenvalue weighted by Crippen LogP contribution is -2.40. The molecule has 4 nitrogen and oxygen atoms in total. The molecule has 0 radical (unpaired) electrons. The van der Waals surface area contributed by atoms with E-state index in [0.29, 0.717) is 12.5 Å². The molecule has 0 aliphatic rings. The van der Waals surface area contributed by atoms with E-state index in [1.54, 1.807) is 6.92 Å². The van der Waals surface area contributed by atoms with Crippen molar-refractivity contribution in [2.75, 3.05) is 6.54 Å². The number of aliphatic hydroxyl groups excluding tert-OH is 1. The molecule has 0 spiro atoms. The summed E-state index contributed by atoms with van der Waals surface area (Å²) in [5.74, 6) is -0.793. The number of carbonyl (C=O) groups is 1. The van der Waals surface area contributed by atoms with Crippen LogP contribution in [0, 0.1) is 11.8 Å². The zero-order chi connectivity index (χ0) is 12.0. The van der Waals surface area contributed by atoms with Gasteiger partial charge in [-0.2, -0.15) is 0 Å². The first-order valence-electron chi connectivity index (χ1n) is 5.48. The summed E-state index contributed by atoms with van der Waals surface area (Å²) in [6, 6.07) is -0.121. The van der Waals surface area contributed by atoms with Gasteiger partial charge in [-0.15, -0.1) is 0 Å². The third kappa shape index (κ3) is 6.47. The predicted molar refractivity (Wildman–Crippen MR) is 59.7 cm³/mol. The Morgan fingerprint density at radius 1 is 1.27 bits per heavy atom. The van der Waals surface area contributed by atoms with Gasteiger partial charge in [0, 0.05) is 12.6 Å². The quantitative estimate of drug-likeness (QED) is 0.597. The molecule has 0 heterocycles. The molecule has 3 atom stereocenters. The minimum absolute atomic E-state index is 0.121. The van der Waals surface area contributed by atoms with E-state index in [-0.39, 0.29) is 6.04 Å². The van der Waals surface area contributed by atoms with E-state index in [0.717, 1.165) is 6.42 Å². The summed E-state index contributed by atoms with van der Waals surface area (Å²) in [6.07, 6.45) is 0.342. The van der Waals surface area contributed by atoms with Gasteiger partial charge in [0.15, 0.2) is 0 Å². The number of hydrogen-bond donors (Lipinski definition) is 3. The molecule has 0 aromatic heterocycles. The van der Waals surface area contributed by atoms with Crippen molar-refractivity contribution in [3.05, 3.63) is 0 Å². The van der Waals surface area contributed by atoms with Gasteiger partial charge in [-0.05, 0) is 19.3 Å². The van der Waals surface area contributed by atoms with Crippen LogP contribution in [-0.2, 0) is 4.79 Å². The van der Waals surface area contributed by atoms with Crippen LogP contribution in [0.25, 0.3) is 0 Å². The summed E-state index contributed by atoms with van der Waals surface area (Å²) >= 11 is 0. The van der Waals surface area contributed by atoms with Crippen LogP contribution >= 0.6 is 0 Å². The Balaban J connectivity index is 3.79. The molecule has 0 bridgehead atoms. The van der Waals surface area contributed by atoms with Crippen LogP contribution < -0.4 is 5.32 Å². The molecule has 15 heavy (non-hydrogen) atoms. The summed E-state index contributed by atoms with van der Waals surface area (Å²) in [6.45, 7) is 8.03. The molecule has 0 aromatic rings. The van der Waals surface area contributed by atoms with E-state index in [4.69, 9.17) is 5.11 Å². The molecular weight excluding hydrogens is 194 g/mol. The maximum Gasteiger partial charge on any atom is 0.307 e. The summed E-state index contributed by atoms with van der Waals surface area (Å²) in [5.41, 5.74) is 0. The van der Waals surface area contributed by atoms with E-state index in [9.17, 15) is 9.90 Å². The van der Waals surface area contributed by atoms with Crippen molar-refractivity contribution in [2.45, 2.75) is 46.3 Å². The first kappa shape index (κ1) is 14.4. The Morgan fingerprint density at radius 2 is 1.80 bits per heavy atom. The van der Waals surface area contributed by atoms with Crippen molar-refractivity contribution in [3.63, 3.8) is 0 Å². The highest BCUT2D eigenvalue weighted by Gasteiger charge is 2.19. The van der Waals surface area contributed by atoms with Crippen LogP contribution in [0.2, 0.25) is 0 Å². The second-order valence-corrected chi connectivity index (χ2v) is 4.61. The highest BCUT2D eigenvalue weighted by molar-refractivity contribution is 5.70. The average molecular weight is 217 g/mol. The number of hydrogen-bond acceptors (Lipinski definition) is 3. The molecule has 0 amide bonds. The fourth-order valence-electron chi connectivity index (χ4n) is 1.34. The maximum absolute atomic E-state index is 10.7. The minimum atomic E-state index is -0.812. The lowest BCUT2D eigenvalue weighted by Gasteiger charge is -2.20. The molecule has 90 valence electrons. The maximum atomic E-state index is 10.7. The predicted octanol–water partition coefficient (Wildman–Crippen LogP) is 1.09. The highest BCUT2D eigenvalue weighted by Crippen LogP contribution is 2.06. The van der Waals surface area contributed by atoms with E-state index >= 15 is 0 Å². The number of nitrogens with one attached hydrogen (secondary N) is 1. The normalized spacial score (nSPS) is 17.5. The summed E-state index contributed by atoms with van der Waals surface area (Å²) in [5, 5.41) is 21.4. The van der Waals surface area contributed by atoms with Crippen LogP contribution in [0.3, 0.4) is 0 Å². The summed E-state index contributed by atoms with van der Waals surface area (Å²) < 4.78 is 0. The van der Waals surface area contributed by atoms with Crippen LogP contribution in [0.4, 0.5) is 0 Å². The Morgan fingerprint density at radius 3 is 2.20 bits per heavy atom. The van der Waals surface area contributed by atoms with Gasteiger partial charge >= 0.3 is 5.97 Å². The molecule has 0 aliphatic heterocycles. The van der Waals surface area contributed by atoms with Crippen molar-refractivity contribution >= 4 is 5.97 Å². The fraction of sp³-hybridized carbons (Fsp3) is 0.909. The lowest BCUT2D eigenvalue weighted by atomic mass is 10.0. The first-order chi connectivity index (χ1) is 6.84. The van der Waals surface area contributed by atoms with Crippen LogP contribution in [0.5, 0.6) is 0 Å². The molecule has 3 N–H and O–H groups in total. The molecule has 0 aliphatic carbocycles. The van der Waals surface area contributed by atoms with Gasteiger partial charge in [0.25, 0.3) is 0 Å². The van der Waals surface area contributed by atoms with E-state index < -0.39 is 18.0 Å². The van der Waals surface area contributed by atoms with Crippen LogP contribution in [0.15, 0.2) is 0 Å². The SMILES string of the molecule is CC(C)CC(O)CNC(C)C(C)C(=O)O. The molecular formula is C11H23NO3. The third-order valence-electron chi connectivity index (χ3n) is 2.56. The van der Waals surface area contributed by atoms with Crippen LogP contribution in [0.1, 0.15) is 34.1 Å². The second-order valence-electron chi connectivity index (χ2n) is 4.61. The number of aliphatic hydroxyl groups is 1. The van der Waals surface area contributed by atoms with Gasteiger partial charge in [-0.1, -0.05) is 20.8 Å². The van der Waals surface area contributed by atoms with Gasteiger partial charge in [0.2, 0.25) is 0 Å². The Labute approximate surface area is 91.7 Å². The second kappa shape index (κ2) is 6.80. The Hall–Kier alpha value is -0.610. The smallest absolute Gasteiger partial charge is 0.307 e. The van der Waals surface area contributed by atoms with E-state index in [1.165, 1.54) is 0 Å². The van der Waals surface area contributed by atoms with E-state index in [2.05, 4.69) is 5.32 Å². The Kier molecular flexibility index (Phi) is 6.52. The van der Waals surface area contributed by atoms with Gasteiger partial charge < -0.3 is 15.5 Å². The minimum Gasteiger partial charge on any atom is -0.481 e. The zero-order valence-electron chi connectivity index (χ0n) is 10.0. The van der Waals surface area contributed by atoms with Crippen molar-refractivity contribution in [3.8, 4) is 0 Å². The Bertz CT molecular complexity index is 194. The fourth-order valence-corrected chi connectivity index (χ4v) is 1.34. The molecule has 4 heteroatoms. The van der Waals surface area contributed by atoms with Gasteiger partial charge in [0.05, 0.1) is 12.0 Å². The van der Waals surface area contributed by atoms with Crippen molar-refractivity contribution in [1.29, 1.82) is 0 Å². The van der Waals surface area contributed by atoms with Gasteiger partial charge in [0.1, 0.15) is 0 Å². The standard InChI is InChI=1S/C11H23NO3/c1-7(2)5-10(13)6-12-9(4)8(3)11(14)15/h7-10,12-13H,5-6H2,1-4H3,(H,14,15). The van der Waals surface area contributed by atoms with Crippen LogP contribution in [-0.4, -0.2) is 34.9 Å². The first-order valence-corrected chi connectivity index (χ1v) is 5.48. The topological polar surface area (TPSA) is 69.6 Å². The molecule has 0 rings (SSSR count).